The van der Waals surface area contributed by atoms with Gasteiger partial charge in [0.05, 0.1) is 12.7 Å². The minimum absolute atomic E-state index is 0.215. The summed E-state index contributed by atoms with van der Waals surface area (Å²) in [7, 11) is 0. The van der Waals surface area contributed by atoms with Crippen molar-refractivity contribution in [2.75, 3.05) is 6.61 Å². The highest BCUT2D eigenvalue weighted by molar-refractivity contribution is 8.05. The van der Waals surface area contributed by atoms with Crippen LogP contribution in [0.3, 0.4) is 0 Å². The fraction of sp³-hybridized carbons (Fsp3) is 0.667. The molecule has 0 bridgehead atoms. The summed E-state index contributed by atoms with van der Waals surface area (Å²) < 4.78 is 4.65. The Balaban J connectivity index is 4.55. The van der Waals surface area contributed by atoms with E-state index in [4.69, 9.17) is 27.7 Å². The Morgan fingerprint density at radius 3 is 2.50 bits per heavy atom. The predicted octanol–water partition coefficient (Wildman–Crippen LogP) is 2.62. The molecule has 3 nitrogen and oxygen atoms in total. The van der Waals surface area contributed by atoms with Crippen LogP contribution in [-0.4, -0.2) is 17.7 Å². The van der Waals surface area contributed by atoms with Gasteiger partial charge in [0.2, 0.25) is 0 Å². The number of hydrogen-bond donors (Lipinski definition) is 0. The summed E-state index contributed by atoms with van der Waals surface area (Å²) in [5.74, 6) is -0.663. The van der Waals surface area contributed by atoms with Crippen molar-refractivity contribution in [2.24, 2.45) is 0 Å². The third-order valence-corrected chi connectivity index (χ3v) is 4.22. The number of ether oxygens (including phenoxy) is 1. The van der Waals surface area contributed by atoms with Crippen LogP contribution in [0.15, 0.2) is 0 Å². The molecular weight excluding hydrogens is 220 g/mol. The Kier molecular flexibility index (Phi) is 4.85. The largest absolute Gasteiger partial charge is 0.464 e. The van der Waals surface area contributed by atoms with Crippen LogP contribution in [0, 0.1) is 11.3 Å². The maximum absolute atomic E-state index is 11.1. The number of rotatable bonds is 3. The number of esters is 1. The minimum atomic E-state index is -1.69. The van der Waals surface area contributed by atoms with E-state index >= 15 is 0 Å². The van der Waals surface area contributed by atoms with Crippen molar-refractivity contribution in [1.82, 2.24) is 0 Å². The molecule has 1 atom stereocenters. The van der Waals surface area contributed by atoms with Gasteiger partial charge in [-0.3, -0.25) is 0 Å². The first-order valence-electron chi connectivity index (χ1n) is 3.19. The fourth-order valence-corrected chi connectivity index (χ4v) is 1.34. The van der Waals surface area contributed by atoms with Gasteiger partial charge in [-0.25, -0.2) is 4.79 Å². The molecule has 0 heterocycles. The summed E-state index contributed by atoms with van der Waals surface area (Å²) in [6, 6.07) is 1.75. The van der Waals surface area contributed by atoms with E-state index in [2.05, 4.69) is 4.74 Å². The molecule has 0 aliphatic rings. The van der Waals surface area contributed by atoms with E-state index in [1.54, 1.807) is 13.0 Å². The summed E-state index contributed by atoms with van der Waals surface area (Å²) in [6.07, 6.45) is 0. The molecule has 0 radical (unpaired) electrons. The average Bonchev–Trinajstić information content (AvgIpc) is 2.03. The normalized spacial score (nSPS) is 15.0. The van der Waals surface area contributed by atoms with Crippen LogP contribution < -0.4 is 0 Å². The molecule has 0 saturated carbocycles. The predicted molar refractivity (Wildman–Crippen MR) is 49.3 cm³/mol. The lowest BCUT2D eigenvalue weighted by molar-refractivity contribution is -0.144. The Morgan fingerprint density at radius 2 is 2.25 bits per heavy atom. The van der Waals surface area contributed by atoms with Crippen LogP contribution in [0.5, 0.6) is 0 Å². The minimum Gasteiger partial charge on any atom is -0.464 e. The van der Waals surface area contributed by atoms with Gasteiger partial charge >= 0.3 is 5.97 Å². The van der Waals surface area contributed by atoms with E-state index < -0.39 is 17.8 Å². The molecule has 12 heavy (non-hydrogen) atoms. The fourth-order valence-electron chi connectivity index (χ4n) is 0.424. The van der Waals surface area contributed by atoms with Crippen molar-refractivity contribution in [3.8, 4) is 6.07 Å². The molecule has 68 valence electrons. The van der Waals surface area contributed by atoms with Gasteiger partial charge in [0, 0.05) is 0 Å². The van der Waals surface area contributed by atoms with Crippen molar-refractivity contribution in [3.05, 3.63) is 0 Å². The summed E-state index contributed by atoms with van der Waals surface area (Å²) in [5.41, 5.74) is 0. The second kappa shape index (κ2) is 4.87. The summed E-state index contributed by atoms with van der Waals surface area (Å²) in [6.45, 7) is 1.55. The van der Waals surface area contributed by atoms with Gasteiger partial charge in [-0.2, -0.15) is 5.26 Å². The van der Waals surface area contributed by atoms with Crippen molar-refractivity contribution >= 4 is 35.1 Å². The van der Waals surface area contributed by atoms with Gasteiger partial charge in [-0.05, 0) is 13.8 Å². The number of nitrogens with zero attached hydrogens (tertiary/aromatic N) is 1. The molecule has 0 aliphatic carbocycles. The topological polar surface area (TPSA) is 50.1 Å². The first-order chi connectivity index (χ1) is 5.49. The first kappa shape index (κ1) is 12.0. The van der Waals surface area contributed by atoms with Crippen LogP contribution in [0.2, 0.25) is 0 Å². The van der Waals surface area contributed by atoms with E-state index in [0.717, 1.165) is 0 Å². The van der Waals surface area contributed by atoms with Crippen molar-refractivity contribution in [1.29, 1.82) is 5.26 Å². The lowest BCUT2D eigenvalue weighted by atomic mass is 10.2. The zero-order valence-corrected chi connectivity index (χ0v) is 9.08. The average molecular weight is 228 g/mol. The molecular formula is C6H8Cl2NO2P. The molecule has 0 N–H and O–H groups in total. The Hall–Kier alpha value is -0.0300. The maximum Gasteiger partial charge on any atom is 0.333 e. The standard InChI is InChI=1S/C6H8Cl2NO2P/c1-3-11-5(10)6(2,4-9)12(7)8/h3H2,1-2H3. The second-order valence-corrected chi connectivity index (χ2v) is 6.05. The molecule has 6 heteroatoms. The number of carbonyl (C=O) groups excluding carboxylic acids is 1. The third kappa shape index (κ3) is 2.48. The Labute approximate surface area is 81.9 Å². The van der Waals surface area contributed by atoms with Gasteiger partial charge in [-0.15, -0.1) is 0 Å². The monoisotopic (exact) mass is 227 g/mol. The Bertz CT molecular complexity index is 216. The second-order valence-electron chi connectivity index (χ2n) is 2.14. The van der Waals surface area contributed by atoms with Gasteiger partial charge in [0.15, 0.2) is 5.16 Å². The third-order valence-electron chi connectivity index (χ3n) is 1.23. The molecule has 0 rings (SSSR count). The molecule has 0 aliphatic heterocycles. The summed E-state index contributed by atoms with van der Waals surface area (Å²) in [4.78, 5) is 11.1. The molecule has 0 spiro atoms. The maximum atomic E-state index is 11.1. The van der Waals surface area contributed by atoms with Crippen molar-refractivity contribution in [2.45, 2.75) is 19.0 Å². The zero-order valence-electron chi connectivity index (χ0n) is 6.67. The number of hydrogen-bond acceptors (Lipinski definition) is 3. The first-order valence-corrected chi connectivity index (χ1v) is 6.34. The highest BCUT2D eigenvalue weighted by atomic mass is 35.9. The summed E-state index contributed by atoms with van der Waals surface area (Å²) >= 11 is 11.0. The van der Waals surface area contributed by atoms with E-state index in [0.29, 0.717) is 0 Å². The molecule has 0 aromatic heterocycles. The van der Waals surface area contributed by atoms with Crippen LogP contribution in [0.1, 0.15) is 13.8 Å². The zero-order chi connectivity index (χ0) is 9.78. The number of nitriles is 1. The molecule has 0 fully saturated rings. The quantitative estimate of drug-likeness (QED) is 0.551. The van der Waals surface area contributed by atoms with Crippen LogP contribution in [0.25, 0.3) is 0 Å². The van der Waals surface area contributed by atoms with Crippen LogP contribution in [-0.2, 0) is 9.53 Å². The SMILES string of the molecule is CCOC(=O)C(C)(C#N)P(Cl)Cl. The lowest BCUT2D eigenvalue weighted by Gasteiger charge is -2.19. The van der Waals surface area contributed by atoms with E-state index in [1.807, 2.05) is 0 Å². The van der Waals surface area contributed by atoms with Gasteiger partial charge < -0.3 is 4.74 Å². The van der Waals surface area contributed by atoms with Gasteiger partial charge in [0.25, 0.3) is 0 Å². The van der Waals surface area contributed by atoms with Gasteiger partial charge in [-0.1, -0.05) is 22.5 Å². The highest BCUT2D eigenvalue weighted by Crippen LogP contribution is 2.58. The number of carbonyl (C=O) groups is 1. The molecule has 0 aromatic carbocycles. The molecule has 0 saturated heterocycles. The Morgan fingerprint density at radius 1 is 1.75 bits per heavy atom. The number of halogens is 2. The van der Waals surface area contributed by atoms with Crippen LogP contribution >= 0.6 is 29.1 Å². The highest BCUT2D eigenvalue weighted by Gasteiger charge is 2.42. The van der Waals surface area contributed by atoms with E-state index in [-0.39, 0.29) is 6.61 Å². The lowest BCUT2D eigenvalue weighted by Crippen LogP contribution is -2.31. The van der Waals surface area contributed by atoms with Crippen LogP contribution in [0.4, 0.5) is 0 Å². The van der Waals surface area contributed by atoms with E-state index in [9.17, 15) is 4.79 Å². The molecule has 0 amide bonds. The van der Waals surface area contributed by atoms with Crippen molar-refractivity contribution < 1.29 is 9.53 Å². The molecule has 1 unspecified atom stereocenters. The van der Waals surface area contributed by atoms with Crippen molar-refractivity contribution in [3.63, 3.8) is 0 Å². The van der Waals surface area contributed by atoms with E-state index in [1.165, 1.54) is 6.92 Å². The smallest absolute Gasteiger partial charge is 0.333 e. The van der Waals surface area contributed by atoms with Gasteiger partial charge in [0.1, 0.15) is 6.63 Å². The molecule has 0 aromatic rings. The summed E-state index contributed by atoms with van der Waals surface area (Å²) in [5, 5.41) is 7.24.